The third-order valence-electron chi connectivity index (χ3n) is 3.40. The largest absolute Gasteiger partial charge is 0.511 e. The zero-order chi connectivity index (χ0) is 16.8. The maximum Gasteiger partial charge on any atom is 0.511 e. The van der Waals surface area contributed by atoms with Crippen molar-refractivity contribution in [3.63, 3.8) is 0 Å². The van der Waals surface area contributed by atoms with Gasteiger partial charge in [0.2, 0.25) is 0 Å². The van der Waals surface area contributed by atoms with E-state index in [1.807, 2.05) is 0 Å². The van der Waals surface area contributed by atoms with Gasteiger partial charge in [0.05, 0.1) is 0 Å². The molecule has 0 bridgehead atoms. The number of nitrogens with one attached hydrogen (secondary N) is 2. The van der Waals surface area contributed by atoms with Gasteiger partial charge < -0.3 is 10.6 Å². The molecule has 0 spiro atoms. The van der Waals surface area contributed by atoms with Crippen LogP contribution in [0.4, 0.5) is 13.2 Å². The fourth-order valence-electron chi connectivity index (χ4n) is 2.13. The molecule has 0 atom stereocenters. The molecule has 0 aromatic rings. The third kappa shape index (κ3) is 4.87. The van der Waals surface area contributed by atoms with Gasteiger partial charge in [0.25, 0.3) is 0 Å². The number of sulfonamides is 1. The molecule has 6 nitrogen and oxygen atoms in total. The lowest BCUT2D eigenvalue weighted by molar-refractivity contribution is -0.0496. The topological polar surface area (TPSA) is 73.8 Å². The highest BCUT2D eigenvalue weighted by molar-refractivity contribution is 7.90. The minimum Gasteiger partial charge on any atom is -0.356 e. The Labute approximate surface area is 128 Å². The van der Waals surface area contributed by atoms with E-state index in [1.54, 1.807) is 13.1 Å². The van der Waals surface area contributed by atoms with Crippen molar-refractivity contribution in [2.24, 2.45) is 10.9 Å². The predicted octanol–water partition coefficient (Wildman–Crippen LogP) is 0.899. The van der Waals surface area contributed by atoms with Crippen molar-refractivity contribution in [1.82, 2.24) is 14.9 Å². The van der Waals surface area contributed by atoms with Crippen molar-refractivity contribution in [3.8, 4) is 0 Å². The summed E-state index contributed by atoms with van der Waals surface area (Å²) in [7, 11) is -3.60. The van der Waals surface area contributed by atoms with Gasteiger partial charge in [-0.25, -0.2) is 8.42 Å². The number of rotatable bonds is 5. The number of hydrogen-bond acceptors (Lipinski definition) is 3. The van der Waals surface area contributed by atoms with Crippen LogP contribution in [0.2, 0.25) is 0 Å². The molecule has 1 saturated heterocycles. The van der Waals surface area contributed by atoms with Crippen LogP contribution >= 0.6 is 0 Å². The van der Waals surface area contributed by atoms with E-state index < -0.39 is 15.5 Å². The highest BCUT2D eigenvalue weighted by atomic mass is 32.2. The van der Waals surface area contributed by atoms with E-state index in [-0.39, 0.29) is 19.0 Å². The molecule has 0 saturated carbocycles. The molecule has 1 heterocycles. The molecule has 0 amide bonds. The van der Waals surface area contributed by atoms with Crippen molar-refractivity contribution in [3.05, 3.63) is 12.7 Å². The van der Waals surface area contributed by atoms with Crippen LogP contribution in [-0.2, 0) is 10.0 Å². The van der Waals surface area contributed by atoms with E-state index in [0.717, 1.165) is 0 Å². The predicted molar refractivity (Wildman–Crippen MR) is 78.8 cm³/mol. The highest BCUT2D eigenvalue weighted by Gasteiger charge is 2.50. The summed E-state index contributed by atoms with van der Waals surface area (Å²) in [5, 5.41) is 6.04. The Morgan fingerprint density at radius 3 is 2.41 bits per heavy atom. The molecule has 2 N–H and O–H groups in total. The molecule has 0 aliphatic carbocycles. The van der Waals surface area contributed by atoms with Crippen LogP contribution in [-0.4, -0.2) is 57.4 Å². The van der Waals surface area contributed by atoms with Crippen LogP contribution in [0.25, 0.3) is 0 Å². The Kier molecular flexibility index (Phi) is 6.66. The maximum absolute atomic E-state index is 12.5. The summed E-state index contributed by atoms with van der Waals surface area (Å²) in [5.41, 5.74) is -5.23. The van der Waals surface area contributed by atoms with Crippen LogP contribution in [0, 0.1) is 5.92 Å². The van der Waals surface area contributed by atoms with E-state index >= 15 is 0 Å². The zero-order valence-electron chi connectivity index (χ0n) is 12.4. The number of halogens is 3. The molecule has 22 heavy (non-hydrogen) atoms. The van der Waals surface area contributed by atoms with Gasteiger partial charge in [-0.1, -0.05) is 6.08 Å². The number of alkyl halides is 3. The minimum atomic E-state index is -5.23. The third-order valence-corrected chi connectivity index (χ3v) is 5.03. The average molecular weight is 342 g/mol. The van der Waals surface area contributed by atoms with Crippen LogP contribution < -0.4 is 10.6 Å². The first kappa shape index (κ1) is 18.8. The fraction of sp³-hybridized carbons (Fsp3) is 0.750. The van der Waals surface area contributed by atoms with Crippen molar-refractivity contribution in [2.75, 3.05) is 33.2 Å². The highest BCUT2D eigenvalue weighted by Crippen LogP contribution is 2.30. The molecular formula is C12H21F3N4O2S. The Morgan fingerprint density at radius 2 is 1.95 bits per heavy atom. The second kappa shape index (κ2) is 7.82. The smallest absolute Gasteiger partial charge is 0.356 e. The lowest BCUT2D eigenvalue weighted by Gasteiger charge is -2.31. The van der Waals surface area contributed by atoms with Gasteiger partial charge in [-0.2, -0.15) is 17.5 Å². The van der Waals surface area contributed by atoms with Gasteiger partial charge in [-0.05, 0) is 18.8 Å². The molecule has 1 fully saturated rings. The van der Waals surface area contributed by atoms with Gasteiger partial charge in [0.15, 0.2) is 5.96 Å². The first-order chi connectivity index (χ1) is 10.2. The van der Waals surface area contributed by atoms with Gasteiger partial charge in [0, 0.05) is 33.2 Å². The van der Waals surface area contributed by atoms with Crippen molar-refractivity contribution >= 4 is 16.0 Å². The summed E-state index contributed by atoms with van der Waals surface area (Å²) < 4.78 is 60.5. The quantitative estimate of drug-likeness (QED) is 0.442. The molecular weight excluding hydrogens is 321 g/mol. The minimum absolute atomic E-state index is 0.0990. The standard InChI is InChI=1S/C12H21F3N4O2S/c1-3-6-17-11(16-2)18-9-10-4-7-19(8-5-10)22(20,21)12(13,14)15/h3,10H,1,4-9H2,2H3,(H2,16,17,18). The molecule has 0 aromatic heterocycles. The van der Waals surface area contributed by atoms with Crippen LogP contribution in [0.3, 0.4) is 0 Å². The molecule has 0 aromatic carbocycles. The summed E-state index contributed by atoms with van der Waals surface area (Å²) in [6, 6.07) is 0. The second-order valence-electron chi connectivity index (χ2n) is 4.92. The Morgan fingerprint density at radius 1 is 1.36 bits per heavy atom. The Balaban J connectivity index is 2.45. The first-order valence-electron chi connectivity index (χ1n) is 6.84. The average Bonchev–Trinajstić information content (AvgIpc) is 2.47. The summed E-state index contributed by atoms with van der Waals surface area (Å²) in [6.45, 7) is 4.40. The molecule has 128 valence electrons. The van der Waals surface area contributed by atoms with E-state index in [1.165, 1.54) is 0 Å². The van der Waals surface area contributed by atoms with Gasteiger partial charge in [-0.3, -0.25) is 4.99 Å². The number of guanidine groups is 1. The summed E-state index contributed by atoms with van der Waals surface area (Å²) in [4.78, 5) is 3.99. The lowest BCUT2D eigenvalue weighted by Crippen LogP contribution is -2.47. The van der Waals surface area contributed by atoms with Crippen LogP contribution in [0.5, 0.6) is 0 Å². The van der Waals surface area contributed by atoms with E-state index in [9.17, 15) is 21.6 Å². The summed E-state index contributed by atoms with van der Waals surface area (Å²) in [5.74, 6) is 0.673. The van der Waals surface area contributed by atoms with Crippen molar-refractivity contribution in [2.45, 2.75) is 18.3 Å². The fourth-order valence-corrected chi connectivity index (χ4v) is 3.11. The van der Waals surface area contributed by atoms with Crippen molar-refractivity contribution < 1.29 is 21.6 Å². The number of aliphatic imine (C=N–C) groups is 1. The Hall–Kier alpha value is -1.29. The summed E-state index contributed by atoms with van der Waals surface area (Å²) in [6.07, 6.45) is 2.43. The molecule has 10 heteroatoms. The second-order valence-corrected chi connectivity index (χ2v) is 6.85. The molecule has 1 rings (SSSR count). The van der Waals surface area contributed by atoms with E-state index in [2.05, 4.69) is 22.2 Å². The molecule has 1 aliphatic rings. The van der Waals surface area contributed by atoms with Gasteiger partial charge in [0.1, 0.15) is 0 Å². The number of nitrogens with zero attached hydrogens (tertiary/aromatic N) is 2. The van der Waals surface area contributed by atoms with E-state index in [0.29, 0.717) is 36.2 Å². The van der Waals surface area contributed by atoms with Gasteiger partial charge in [-0.15, -0.1) is 6.58 Å². The first-order valence-corrected chi connectivity index (χ1v) is 8.28. The van der Waals surface area contributed by atoms with Crippen LogP contribution in [0.15, 0.2) is 17.6 Å². The zero-order valence-corrected chi connectivity index (χ0v) is 13.2. The van der Waals surface area contributed by atoms with Crippen molar-refractivity contribution in [1.29, 1.82) is 0 Å². The normalized spacial score (nSPS) is 19.0. The molecule has 1 aliphatic heterocycles. The monoisotopic (exact) mass is 342 g/mol. The summed E-state index contributed by atoms with van der Waals surface area (Å²) >= 11 is 0. The molecule has 0 radical (unpaired) electrons. The number of piperidine rings is 1. The lowest BCUT2D eigenvalue weighted by atomic mass is 9.98. The number of hydrogen-bond donors (Lipinski definition) is 2. The van der Waals surface area contributed by atoms with Crippen LogP contribution in [0.1, 0.15) is 12.8 Å². The van der Waals surface area contributed by atoms with Gasteiger partial charge >= 0.3 is 15.5 Å². The van der Waals surface area contributed by atoms with E-state index in [4.69, 9.17) is 0 Å². The maximum atomic E-state index is 12.5. The Bertz CT molecular complexity index is 497. The molecule has 0 unspecified atom stereocenters. The SMILES string of the molecule is C=CCNC(=NC)NCC1CCN(S(=O)(=O)C(F)(F)F)CC1.